The van der Waals surface area contributed by atoms with Crippen LogP contribution in [-0.4, -0.2) is 31.6 Å². The summed E-state index contributed by atoms with van der Waals surface area (Å²) >= 11 is 1.29. The molecule has 1 fully saturated rings. The van der Waals surface area contributed by atoms with Crippen LogP contribution in [0.2, 0.25) is 0 Å². The third-order valence-electron chi connectivity index (χ3n) is 3.22. The molecule has 5 nitrogen and oxygen atoms in total. The fourth-order valence-corrected chi connectivity index (χ4v) is 3.05. The predicted octanol–water partition coefficient (Wildman–Crippen LogP) is 1.92. The summed E-state index contributed by atoms with van der Waals surface area (Å²) in [5.41, 5.74) is 1.46. The number of anilines is 1. The number of aryl methyl sites for hydroxylation is 1. The average molecular weight is 282 g/mol. The highest BCUT2D eigenvalue weighted by molar-refractivity contribution is 7.12. The van der Waals surface area contributed by atoms with E-state index in [1.807, 2.05) is 12.3 Å². The Labute approximate surface area is 116 Å². The van der Waals surface area contributed by atoms with Gasteiger partial charge in [-0.3, -0.25) is 4.79 Å². The molecular formula is C13H18N2O3S. The standard InChI is InChI=1S/C13H18N2O3S/c1-8-7-19-11(13(17)18-2)10(8)15-12(16)9-5-3-4-6-14-9/h7,9,14H,3-6H2,1-2H3,(H,15,16)/t9-/m1/s1. The molecule has 1 atom stereocenters. The van der Waals surface area contributed by atoms with Gasteiger partial charge < -0.3 is 15.4 Å². The van der Waals surface area contributed by atoms with E-state index in [0.717, 1.165) is 31.4 Å². The topological polar surface area (TPSA) is 67.4 Å². The normalized spacial score (nSPS) is 18.9. The molecule has 6 heteroatoms. The van der Waals surface area contributed by atoms with Gasteiger partial charge in [0, 0.05) is 0 Å². The molecule has 1 aromatic rings. The maximum atomic E-state index is 12.2. The SMILES string of the molecule is COC(=O)c1scc(C)c1NC(=O)[C@H]1CCCCN1. The Kier molecular flexibility index (Phi) is 4.55. The number of esters is 1. The molecule has 0 spiro atoms. The number of thiophene rings is 1. The molecule has 0 aromatic carbocycles. The number of rotatable bonds is 3. The van der Waals surface area contributed by atoms with Gasteiger partial charge in [-0.1, -0.05) is 6.42 Å². The number of nitrogens with one attached hydrogen (secondary N) is 2. The van der Waals surface area contributed by atoms with Crippen LogP contribution in [0.4, 0.5) is 5.69 Å². The summed E-state index contributed by atoms with van der Waals surface area (Å²) in [6, 6.07) is -0.168. The van der Waals surface area contributed by atoms with Crippen LogP contribution < -0.4 is 10.6 Å². The Balaban J connectivity index is 2.11. The first-order chi connectivity index (χ1) is 9.13. The molecule has 1 aromatic heterocycles. The minimum atomic E-state index is -0.412. The van der Waals surface area contributed by atoms with Gasteiger partial charge in [0.05, 0.1) is 18.8 Å². The number of hydrogen-bond acceptors (Lipinski definition) is 5. The van der Waals surface area contributed by atoms with Gasteiger partial charge in [-0.15, -0.1) is 11.3 Å². The van der Waals surface area contributed by atoms with E-state index in [9.17, 15) is 9.59 Å². The van der Waals surface area contributed by atoms with Crippen LogP contribution in [0.15, 0.2) is 5.38 Å². The summed E-state index contributed by atoms with van der Waals surface area (Å²) in [6.07, 6.45) is 2.99. The van der Waals surface area contributed by atoms with Crippen molar-refractivity contribution in [1.29, 1.82) is 0 Å². The van der Waals surface area contributed by atoms with Crippen LogP contribution in [0.5, 0.6) is 0 Å². The second kappa shape index (κ2) is 6.16. The van der Waals surface area contributed by atoms with E-state index >= 15 is 0 Å². The highest BCUT2D eigenvalue weighted by atomic mass is 32.1. The summed E-state index contributed by atoms with van der Waals surface area (Å²) in [7, 11) is 1.34. The van der Waals surface area contributed by atoms with Crippen LogP contribution >= 0.6 is 11.3 Å². The lowest BCUT2D eigenvalue weighted by Gasteiger charge is -2.22. The van der Waals surface area contributed by atoms with Gasteiger partial charge >= 0.3 is 5.97 Å². The van der Waals surface area contributed by atoms with Crippen molar-refractivity contribution < 1.29 is 14.3 Å². The first-order valence-electron chi connectivity index (χ1n) is 6.34. The van der Waals surface area contributed by atoms with Gasteiger partial charge in [-0.25, -0.2) is 4.79 Å². The molecule has 0 radical (unpaired) electrons. The van der Waals surface area contributed by atoms with Gasteiger partial charge in [0.2, 0.25) is 5.91 Å². The lowest BCUT2D eigenvalue weighted by Crippen LogP contribution is -2.43. The summed E-state index contributed by atoms with van der Waals surface area (Å²) in [5.74, 6) is -0.489. The predicted molar refractivity (Wildman–Crippen MR) is 74.7 cm³/mol. The summed E-state index contributed by atoms with van der Waals surface area (Å²) < 4.78 is 4.72. The largest absolute Gasteiger partial charge is 0.465 e. The number of amides is 1. The molecule has 0 saturated carbocycles. The average Bonchev–Trinajstić information content (AvgIpc) is 2.80. The van der Waals surface area contributed by atoms with Crippen molar-refractivity contribution in [2.45, 2.75) is 32.2 Å². The molecule has 1 aliphatic heterocycles. The van der Waals surface area contributed by atoms with Crippen molar-refractivity contribution in [2.24, 2.45) is 0 Å². The van der Waals surface area contributed by atoms with Crippen molar-refractivity contribution in [3.05, 3.63) is 15.8 Å². The molecule has 0 bridgehead atoms. The third kappa shape index (κ3) is 3.13. The highest BCUT2D eigenvalue weighted by Crippen LogP contribution is 2.28. The Morgan fingerprint density at radius 1 is 1.47 bits per heavy atom. The summed E-state index contributed by atoms with van der Waals surface area (Å²) in [4.78, 5) is 24.2. The number of ether oxygens (including phenoxy) is 1. The Bertz CT molecular complexity index is 478. The van der Waals surface area contributed by atoms with Crippen LogP contribution in [-0.2, 0) is 9.53 Å². The van der Waals surface area contributed by atoms with Crippen molar-refractivity contribution in [2.75, 3.05) is 19.0 Å². The monoisotopic (exact) mass is 282 g/mol. The molecule has 2 heterocycles. The maximum absolute atomic E-state index is 12.2. The fraction of sp³-hybridized carbons (Fsp3) is 0.538. The molecule has 0 aliphatic carbocycles. The van der Waals surface area contributed by atoms with Gasteiger partial charge in [-0.05, 0) is 37.3 Å². The molecular weight excluding hydrogens is 264 g/mol. The first kappa shape index (κ1) is 14.0. The number of carbonyl (C=O) groups is 2. The Hall–Kier alpha value is -1.40. The van der Waals surface area contributed by atoms with E-state index in [4.69, 9.17) is 4.74 Å². The zero-order chi connectivity index (χ0) is 13.8. The summed E-state index contributed by atoms with van der Waals surface area (Å²) in [6.45, 7) is 2.73. The minimum Gasteiger partial charge on any atom is -0.465 e. The van der Waals surface area contributed by atoms with E-state index in [-0.39, 0.29) is 11.9 Å². The number of methoxy groups -OCH3 is 1. The van der Waals surface area contributed by atoms with Crippen LogP contribution in [0, 0.1) is 6.92 Å². The lowest BCUT2D eigenvalue weighted by molar-refractivity contribution is -0.118. The van der Waals surface area contributed by atoms with Crippen LogP contribution in [0.25, 0.3) is 0 Å². The maximum Gasteiger partial charge on any atom is 0.350 e. The van der Waals surface area contributed by atoms with Crippen molar-refractivity contribution in [3.8, 4) is 0 Å². The van der Waals surface area contributed by atoms with Gasteiger partial charge in [0.15, 0.2) is 0 Å². The molecule has 1 amide bonds. The van der Waals surface area contributed by atoms with Crippen molar-refractivity contribution in [3.63, 3.8) is 0 Å². The lowest BCUT2D eigenvalue weighted by atomic mass is 10.0. The smallest absolute Gasteiger partial charge is 0.350 e. The minimum absolute atomic E-state index is 0.0775. The fourth-order valence-electron chi connectivity index (χ4n) is 2.13. The second-order valence-corrected chi connectivity index (χ2v) is 5.49. The highest BCUT2D eigenvalue weighted by Gasteiger charge is 2.24. The van der Waals surface area contributed by atoms with Crippen LogP contribution in [0.3, 0.4) is 0 Å². The van der Waals surface area contributed by atoms with E-state index in [1.54, 1.807) is 0 Å². The molecule has 0 unspecified atom stereocenters. The van der Waals surface area contributed by atoms with E-state index in [2.05, 4.69) is 10.6 Å². The Morgan fingerprint density at radius 3 is 2.89 bits per heavy atom. The second-order valence-electron chi connectivity index (χ2n) is 4.61. The molecule has 1 aliphatic rings. The molecule has 2 rings (SSSR count). The van der Waals surface area contributed by atoms with Crippen molar-refractivity contribution in [1.82, 2.24) is 5.32 Å². The molecule has 19 heavy (non-hydrogen) atoms. The quantitative estimate of drug-likeness (QED) is 0.831. The van der Waals surface area contributed by atoms with E-state index < -0.39 is 5.97 Å². The molecule has 2 N–H and O–H groups in total. The first-order valence-corrected chi connectivity index (χ1v) is 7.22. The van der Waals surface area contributed by atoms with Crippen LogP contribution in [0.1, 0.15) is 34.5 Å². The van der Waals surface area contributed by atoms with Crippen molar-refractivity contribution >= 4 is 28.9 Å². The zero-order valence-electron chi connectivity index (χ0n) is 11.1. The zero-order valence-corrected chi connectivity index (χ0v) is 11.9. The Morgan fingerprint density at radius 2 is 2.26 bits per heavy atom. The van der Waals surface area contributed by atoms with Gasteiger partial charge in [0.1, 0.15) is 4.88 Å². The van der Waals surface area contributed by atoms with Gasteiger partial charge in [-0.2, -0.15) is 0 Å². The molecule has 1 saturated heterocycles. The number of hydrogen-bond donors (Lipinski definition) is 2. The summed E-state index contributed by atoms with van der Waals surface area (Å²) in [5, 5.41) is 7.88. The third-order valence-corrected chi connectivity index (χ3v) is 4.30. The number of piperidine rings is 1. The van der Waals surface area contributed by atoms with Gasteiger partial charge in [0.25, 0.3) is 0 Å². The van der Waals surface area contributed by atoms with E-state index in [0.29, 0.717) is 10.6 Å². The number of carbonyl (C=O) groups excluding carboxylic acids is 2. The molecule has 104 valence electrons. The van der Waals surface area contributed by atoms with E-state index in [1.165, 1.54) is 18.4 Å².